The summed E-state index contributed by atoms with van der Waals surface area (Å²) in [6, 6.07) is 13.2. The molecule has 8 heteroatoms. The molecule has 1 N–H and O–H groups in total. The maximum atomic E-state index is 12.8. The zero-order valence-corrected chi connectivity index (χ0v) is 16.8. The van der Waals surface area contributed by atoms with Crippen LogP contribution in [0.3, 0.4) is 0 Å². The Kier molecular flexibility index (Phi) is 4.79. The number of hydrogen-bond acceptors (Lipinski definition) is 5. The normalized spacial score (nSPS) is 13.2. The first kappa shape index (κ1) is 19.1. The summed E-state index contributed by atoms with van der Waals surface area (Å²) in [5.74, 6) is 0.616. The van der Waals surface area contributed by atoms with Crippen molar-refractivity contribution in [3.8, 4) is 5.75 Å². The molecule has 1 aliphatic heterocycles. The molecular formula is C21H20N2O5S. The van der Waals surface area contributed by atoms with Crippen molar-refractivity contribution < 1.29 is 22.4 Å². The fourth-order valence-corrected chi connectivity index (χ4v) is 4.55. The van der Waals surface area contributed by atoms with Gasteiger partial charge in [0.05, 0.1) is 24.0 Å². The summed E-state index contributed by atoms with van der Waals surface area (Å²) in [7, 11) is -2.25. The second-order valence-electron chi connectivity index (χ2n) is 6.76. The van der Waals surface area contributed by atoms with E-state index in [9.17, 15) is 13.2 Å². The van der Waals surface area contributed by atoms with Crippen LogP contribution in [0.4, 0.5) is 11.4 Å². The van der Waals surface area contributed by atoms with Crippen LogP contribution in [0.5, 0.6) is 5.75 Å². The smallest absolute Gasteiger partial charge is 0.293 e. The molecular weight excluding hydrogens is 392 g/mol. The van der Waals surface area contributed by atoms with Crippen molar-refractivity contribution >= 4 is 27.3 Å². The van der Waals surface area contributed by atoms with E-state index in [1.807, 2.05) is 6.07 Å². The Balaban J connectivity index is 1.61. The summed E-state index contributed by atoms with van der Waals surface area (Å²) < 4.78 is 38.6. The van der Waals surface area contributed by atoms with Crippen molar-refractivity contribution in [1.29, 1.82) is 0 Å². The molecule has 3 aromatic rings. The molecule has 2 heterocycles. The fraction of sp³-hybridized carbons (Fsp3) is 0.190. The van der Waals surface area contributed by atoms with E-state index in [2.05, 4.69) is 4.72 Å². The minimum absolute atomic E-state index is 0.139. The molecule has 0 saturated heterocycles. The maximum absolute atomic E-state index is 12.8. The summed E-state index contributed by atoms with van der Waals surface area (Å²) in [4.78, 5) is 14.4. The SMILES string of the molecule is COc1ccc(S(=O)(=O)Nc2ccc3c(c2)N(C(=O)c2ccco2)CC3)cc1C. The highest BCUT2D eigenvalue weighted by Gasteiger charge is 2.28. The molecule has 4 rings (SSSR count). The number of sulfonamides is 1. The Morgan fingerprint density at radius 2 is 2.00 bits per heavy atom. The van der Waals surface area contributed by atoms with Crippen LogP contribution in [0.25, 0.3) is 0 Å². The Labute approximate surface area is 169 Å². The highest BCUT2D eigenvalue weighted by molar-refractivity contribution is 7.92. The van der Waals surface area contributed by atoms with Crippen LogP contribution < -0.4 is 14.4 Å². The summed E-state index contributed by atoms with van der Waals surface area (Å²) in [6.07, 6.45) is 2.15. The lowest BCUT2D eigenvalue weighted by molar-refractivity contribution is 0.0963. The van der Waals surface area contributed by atoms with Crippen molar-refractivity contribution in [3.63, 3.8) is 0 Å². The molecule has 7 nitrogen and oxygen atoms in total. The lowest BCUT2D eigenvalue weighted by atomic mass is 10.1. The number of anilines is 2. The van der Waals surface area contributed by atoms with E-state index in [-0.39, 0.29) is 16.6 Å². The quantitative estimate of drug-likeness (QED) is 0.692. The largest absolute Gasteiger partial charge is 0.496 e. The highest BCUT2D eigenvalue weighted by Crippen LogP contribution is 2.33. The van der Waals surface area contributed by atoms with Crippen molar-refractivity contribution in [2.24, 2.45) is 0 Å². The number of benzene rings is 2. The van der Waals surface area contributed by atoms with Crippen LogP contribution in [-0.4, -0.2) is 28.0 Å². The van der Waals surface area contributed by atoms with Gasteiger partial charge in [0.1, 0.15) is 5.75 Å². The van der Waals surface area contributed by atoms with Gasteiger partial charge in [0.25, 0.3) is 15.9 Å². The number of carbonyl (C=O) groups excluding carboxylic acids is 1. The molecule has 0 unspecified atom stereocenters. The number of fused-ring (bicyclic) bond motifs is 1. The van der Waals surface area contributed by atoms with Gasteiger partial charge in [0, 0.05) is 12.2 Å². The first-order valence-corrected chi connectivity index (χ1v) is 10.5. The monoisotopic (exact) mass is 412 g/mol. The lowest BCUT2D eigenvalue weighted by Crippen LogP contribution is -2.28. The maximum Gasteiger partial charge on any atom is 0.293 e. The number of nitrogens with one attached hydrogen (secondary N) is 1. The summed E-state index contributed by atoms with van der Waals surface area (Å²) in [6.45, 7) is 2.30. The van der Waals surface area contributed by atoms with Crippen molar-refractivity contribution in [1.82, 2.24) is 0 Å². The third-order valence-electron chi connectivity index (χ3n) is 4.89. The molecule has 0 fully saturated rings. The van der Waals surface area contributed by atoms with E-state index in [0.717, 1.165) is 11.1 Å². The number of methoxy groups -OCH3 is 1. The van der Waals surface area contributed by atoms with Gasteiger partial charge >= 0.3 is 0 Å². The van der Waals surface area contributed by atoms with Gasteiger partial charge in [-0.1, -0.05) is 6.07 Å². The van der Waals surface area contributed by atoms with Gasteiger partial charge in [-0.3, -0.25) is 9.52 Å². The molecule has 0 bridgehead atoms. The predicted octanol–water partition coefficient (Wildman–Crippen LogP) is 3.60. The first-order valence-electron chi connectivity index (χ1n) is 9.05. The fourth-order valence-electron chi connectivity index (χ4n) is 3.42. The van der Waals surface area contributed by atoms with Crippen LogP contribution in [0.15, 0.2) is 64.1 Å². The lowest BCUT2D eigenvalue weighted by Gasteiger charge is -2.17. The van der Waals surface area contributed by atoms with E-state index < -0.39 is 10.0 Å². The predicted molar refractivity (Wildman–Crippen MR) is 109 cm³/mol. The molecule has 1 aromatic heterocycles. The van der Waals surface area contributed by atoms with Gasteiger partial charge in [0.2, 0.25) is 0 Å². The van der Waals surface area contributed by atoms with Crippen molar-refractivity contribution in [2.45, 2.75) is 18.2 Å². The second kappa shape index (κ2) is 7.29. The molecule has 0 spiro atoms. The minimum Gasteiger partial charge on any atom is -0.496 e. The molecule has 0 aliphatic carbocycles. The number of hydrogen-bond donors (Lipinski definition) is 1. The van der Waals surface area contributed by atoms with Gasteiger partial charge in [-0.2, -0.15) is 0 Å². The molecule has 1 amide bonds. The molecule has 29 heavy (non-hydrogen) atoms. The number of aryl methyl sites for hydroxylation is 1. The van der Waals surface area contributed by atoms with Gasteiger partial charge < -0.3 is 14.1 Å². The highest BCUT2D eigenvalue weighted by atomic mass is 32.2. The van der Waals surface area contributed by atoms with E-state index >= 15 is 0 Å². The number of ether oxygens (including phenoxy) is 1. The molecule has 2 aromatic carbocycles. The summed E-state index contributed by atoms with van der Waals surface area (Å²) in [5.41, 5.74) is 2.77. The van der Waals surface area contributed by atoms with E-state index in [4.69, 9.17) is 9.15 Å². The standard InChI is InChI=1S/C21H20N2O5S/c1-14-12-17(7-8-19(14)27-2)29(25,26)22-16-6-5-15-9-10-23(18(15)13-16)21(24)20-4-3-11-28-20/h3-8,11-13,22H,9-10H2,1-2H3. The Hall–Kier alpha value is -3.26. The Morgan fingerprint density at radius 3 is 2.69 bits per heavy atom. The van der Waals surface area contributed by atoms with Crippen LogP contribution in [-0.2, 0) is 16.4 Å². The van der Waals surface area contributed by atoms with Gasteiger partial charge in [-0.25, -0.2) is 8.42 Å². The van der Waals surface area contributed by atoms with E-state index in [1.54, 1.807) is 48.2 Å². The van der Waals surface area contributed by atoms with Crippen molar-refractivity contribution in [3.05, 3.63) is 71.7 Å². The first-order chi connectivity index (χ1) is 13.9. The number of furan rings is 1. The average molecular weight is 412 g/mol. The Bertz CT molecular complexity index is 1170. The van der Waals surface area contributed by atoms with Crippen LogP contribution in [0, 0.1) is 6.92 Å². The number of amides is 1. The van der Waals surface area contributed by atoms with E-state index in [0.29, 0.717) is 30.1 Å². The Morgan fingerprint density at radius 1 is 1.17 bits per heavy atom. The second-order valence-corrected chi connectivity index (χ2v) is 8.45. The zero-order chi connectivity index (χ0) is 20.6. The molecule has 0 saturated carbocycles. The summed E-state index contributed by atoms with van der Waals surface area (Å²) >= 11 is 0. The van der Waals surface area contributed by atoms with Crippen LogP contribution in [0.2, 0.25) is 0 Å². The molecule has 0 radical (unpaired) electrons. The third-order valence-corrected chi connectivity index (χ3v) is 6.27. The third kappa shape index (κ3) is 3.58. The van der Waals surface area contributed by atoms with Crippen LogP contribution in [0.1, 0.15) is 21.7 Å². The molecule has 0 atom stereocenters. The zero-order valence-electron chi connectivity index (χ0n) is 16.0. The van der Waals surface area contributed by atoms with Crippen LogP contribution >= 0.6 is 0 Å². The minimum atomic E-state index is -3.79. The topological polar surface area (TPSA) is 88.9 Å². The van der Waals surface area contributed by atoms with Crippen molar-refractivity contribution in [2.75, 3.05) is 23.3 Å². The molecule has 150 valence electrons. The van der Waals surface area contributed by atoms with Gasteiger partial charge in [-0.15, -0.1) is 0 Å². The number of nitrogens with zero attached hydrogens (tertiary/aromatic N) is 1. The number of carbonyl (C=O) groups is 1. The van der Waals surface area contributed by atoms with Gasteiger partial charge in [0.15, 0.2) is 5.76 Å². The average Bonchev–Trinajstić information content (AvgIpc) is 3.37. The molecule has 1 aliphatic rings. The van der Waals surface area contributed by atoms with Gasteiger partial charge in [-0.05, 0) is 66.9 Å². The summed E-state index contributed by atoms with van der Waals surface area (Å²) in [5, 5.41) is 0. The van der Waals surface area contributed by atoms with E-state index in [1.165, 1.54) is 19.4 Å². The number of rotatable bonds is 5.